The predicted molar refractivity (Wildman–Crippen MR) is 102 cm³/mol. The van der Waals surface area contributed by atoms with Crippen molar-refractivity contribution in [3.8, 4) is 0 Å². The second kappa shape index (κ2) is 10.0. The molecular weight excluding hydrogens is 352 g/mol. The molecule has 146 valence electrons. The zero-order valence-electron chi connectivity index (χ0n) is 15.7. The van der Waals surface area contributed by atoms with E-state index in [-0.39, 0.29) is 23.7 Å². The van der Waals surface area contributed by atoms with Gasteiger partial charge in [-0.15, -0.1) is 0 Å². The Bertz CT molecular complexity index is 653. The van der Waals surface area contributed by atoms with Gasteiger partial charge in [-0.3, -0.25) is 4.79 Å². The minimum Gasteiger partial charge on any atom is -0.379 e. The van der Waals surface area contributed by atoms with Crippen LogP contribution in [0.1, 0.15) is 38.7 Å². The molecule has 0 aliphatic carbocycles. The first-order valence-corrected chi connectivity index (χ1v) is 10.9. The Morgan fingerprint density at radius 3 is 2.50 bits per heavy atom. The Morgan fingerprint density at radius 2 is 1.88 bits per heavy atom. The molecule has 1 saturated heterocycles. The largest absolute Gasteiger partial charge is 0.379 e. The van der Waals surface area contributed by atoms with Gasteiger partial charge in [-0.2, -0.15) is 0 Å². The Balaban J connectivity index is 1.73. The van der Waals surface area contributed by atoms with Gasteiger partial charge in [0, 0.05) is 32.2 Å². The van der Waals surface area contributed by atoms with Crippen LogP contribution in [0.25, 0.3) is 0 Å². The number of piperidine rings is 1. The van der Waals surface area contributed by atoms with E-state index in [0.717, 1.165) is 12.0 Å². The molecular formula is C19H30N2O4S. The van der Waals surface area contributed by atoms with Crippen molar-refractivity contribution in [1.29, 1.82) is 0 Å². The van der Waals surface area contributed by atoms with Crippen molar-refractivity contribution in [2.24, 2.45) is 5.92 Å². The van der Waals surface area contributed by atoms with Gasteiger partial charge >= 0.3 is 0 Å². The van der Waals surface area contributed by atoms with E-state index in [1.807, 2.05) is 44.2 Å². The van der Waals surface area contributed by atoms with E-state index in [2.05, 4.69) is 5.32 Å². The summed E-state index contributed by atoms with van der Waals surface area (Å²) in [7, 11) is -3.33. The molecule has 0 saturated carbocycles. The Morgan fingerprint density at radius 1 is 1.23 bits per heavy atom. The summed E-state index contributed by atoms with van der Waals surface area (Å²) < 4.78 is 32.0. The van der Waals surface area contributed by atoms with Crippen LogP contribution in [0.15, 0.2) is 30.3 Å². The number of nitrogens with zero attached hydrogens (tertiary/aromatic N) is 1. The molecule has 0 spiro atoms. The molecule has 0 bridgehead atoms. The van der Waals surface area contributed by atoms with Gasteiger partial charge in [0.25, 0.3) is 0 Å². The molecule has 0 aromatic heterocycles. The van der Waals surface area contributed by atoms with Gasteiger partial charge in [0.2, 0.25) is 15.9 Å². The average molecular weight is 383 g/mol. The number of benzene rings is 1. The predicted octanol–water partition coefficient (Wildman–Crippen LogP) is 2.16. The molecule has 1 aromatic carbocycles. The van der Waals surface area contributed by atoms with Crippen LogP contribution in [0.5, 0.6) is 0 Å². The zero-order valence-corrected chi connectivity index (χ0v) is 16.5. The van der Waals surface area contributed by atoms with E-state index >= 15 is 0 Å². The summed E-state index contributed by atoms with van der Waals surface area (Å²) in [5.74, 6) is -0.0700. The van der Waals surface area contributed by atoms with Crippen molar-refractivity contribution < 1.29 is 17.9 Å². The molecule has 0 radical (unpaired) electrons. The molecule has 0 atom stereocenters. The maximum Gasteiger partial charge on any atom is 0.223 e. The molecule has 1 N–H and O–H groups in total. The number of ether oxygens (including phenoxy) is 1. The van der Waals surface area contributed by atoms with Gasteiger partial charge < -0.3 is 10.1 Å². The number of carbonyl (C=O) groups is 1. The second-order valence-electron chi connectivity index (χ2n) is 6.98. The Hall–Kier alpha value is -1.44. The quantitative estimate of drug-likeness (QED) is 0.664. The van der Waals surface area contributed by atoms with Crippen LogP contribution in [-0.2, 0) is 25.3 Å². The van der Waals surface area contributed by atoms with Gasteiger partial charge in [0.1, 0.15) is 0 Å². The number of carbonyl (C=O) groups excluding carboxylic acids is 1. The number of sulfonamides is 1. The van der Waals surface area contributed by atoms with E-state index in [4.69, 9.17) is 4.74 Å². The maximum atomic E-state index is 12.5. The van der Waals surface area contributed by atoms with Crippen molar-refractivity contribution in [3.05, 3.63) is 35.9 Å². The van der Waals surface area contributed by atoms with E-state index in [9.17, 15) is 13.2 Å². The minimum absolute atomic E-state index is 0.0144. The van der Waals surface area contributed by atoms with Crippen molar-refractivity contribution >= 4 is 15.9 Å². The highest BCUT2D eigenvalue weighted by atomic mass is 32.2. The molecule has 2 rings (SSSR count). The number of rotatable bonds is 9. The summed E-state index contributed by atoms with van der Waals surface area (Å²) in [6.45, 7) is 6.01. The SMILES string of the molecule is CC(C)OCCCNC(=O)C1CCN(S(=O)(=O)Cc2ccccc2)CC1. The molecule has 1 fully saturated rings. The van der Waals surface area contributed by atoms with Crippen molar-refractivity contribution in [3.63, 3.8) is 0 Å². The minimum atomic E-state index is -3.33. The van der Waals surface area contributed by atoms with Crippen LogP contribution in [0.3, 0.4) is 0 Å². The highest BCUT2D eigenvalue weighted by molar-refractivity contribution is 7.88. The van der Waals surface area contributed by atoms with Gasteiger partial charge in [0.15, 0.2) is 0 Å². The lowest BCUT2D eigenvalue weighted by Crippen LogP contribution is -2.43. The first-order chi connectivity index (χ1) is 12.4. The van der Waals surface area contributed by atoms with E-state index < -0.39 is 10.0 Å². The Labute approximate surface area is 157 Å². The average Bonchev–Trinajstić information content (AvgIpc) is 2.61. The highest BCUT2D eigenvalue weighted by Crippen LogP contribution is 2.21. The molecule has 6 nitrogen and oxygen atoms in total. The van der Waals surface area contributed by atoms with Crippen LogP contribution in [0.2, 0.25) is 0 Å². The van der Waals surface area contributed by atoms with Gasteiger partial charge in [-0.1, -0.05) is 30.3 Å². The topological polar surface area (TPSA) is 75.7 Å². The summed E-state index contributed by atoms with van der Waals surface area (Å²) in [6, 6.07) is 9.19. The standard InChI is InChI=1S/C19H30N2O4S/c1-16(2)25-14-6-11-20-19(22)18-9-12-21(13-10-18)26(23,24)15-17-7-4-3-5-8-17/h3-5,7-8,16,18H,6,9-15H2,1-2H3,(H,20,22). The second-order valence-corrected chi connectivity index (χ2v) is 8.95. The molecule has 1 aromatic rings. The first kappa shape index (κ1) is 20.9. The molecule has 7 heteroatoms. The van der Waals surface area contributed by atoms with Crippen LogP contribution >= 0.6 is 0 Å². The highest BCUT2D eigenvalue weighted by Gasteiger charge is 2.30. The summed E-state index contributed by atoms with van der Waals surface area (Å²) >= 11 is 0. The summed E-state index contributed by atoms with van der Waals surface area (Å²) in [4.78, 5) is 12.2. The fraction of sp³-hybridized carbons (Fsp3) is 0.632. The fourth-order valence-electron chi connectivity index (χ4n) is 3.02. The van der Waals surface area contributed by atoms with Crippen LogP contribution in [0.4, 0.5) is 0 Å². The van der Waals surface area contributed by atoms with E-state index in [0.29, 0.717) is 39.1 Å². The third-order valence-electron chi connectivity index (χ3n) is 4.48. The van der Waals surface area contributed by atoms with E-state index in [1.54, 1.807) is 0 Å². The molecule has 26 heavy (non-hydrogen) atoms. The van der Waals surface area contributed by atoms with Crippen LogP contribution in [-0.4, -0.2) is 51.0 Å². The first-order valence-electron chi connectivity index (χ1n) is 9.29. The third kappa shape index (κ3) is 6.70. The molecule has 1 aliphatic rings. The smallest absolute Gasteiger partial charge is 0.223 e. The zero-order chi connectivity index (χ0) is 19.0. The monoisotopic (exact) mass is 382 g/mol. The number of nitrogens with one attached hydrogen (secondary N) is 1. The molecule has 1 amide bonds. The lowest BCUT2D eigenvalue weighted by molar-refractivity contribution is -0.126. The molecule has 0 unspecified atom stereocenters. The normalized spacial score (nSPS) is 16.7. The van der Waals surface area contributed by atoms with E-state index in [1.165, 1.54) is 4.31 Å². The summed E-state index contributed by atoms with van der Waals surface area (Å²) in [5.41, 5.74) is 0.788. The number of amides is 1. The molecule has 1 aliphatic heterocycles. The van der Waals surface area contributed by atoms with Gasteiger partial charge in [-0.05, 0) is 38.7 Å². The fourth-order valence-corrected chi connectivity index (χ4v) is 4.58. The summed E-state index contributed by atoms with van der Waals surface area (Å²) in [6.07, 6.45) is 2.13. The lowest BCUT2D eigenvalue weighted by Gasteiger charge is -2.30. The molecule has 1 heterocycles. The number of hydrogen-bond acceptors (Lipinski definition) is 4. The third-order valence-corrected chi connectivity index (χ3v) is 6.33. The Kier molecular flexibility index (Phi) is 8.06. The van der Waals surface area contributed by atoms with Crippen LogP contribution < -0.4 is 5.32 Å². The van der Waals surface area contributed by atoms with Crippen LogP contribution in [0, 0.1) is 5.92 Å². The summed E-state index contributed by atoms with van der Waals surface area (Å²) in [5, 5.41) is 2.93. The maximum absolute atomic E-state index is 12.5. The number of hydrogen-bond donors (Lipinski definition) is 1. The van der Waals surface area contributed by atoms with Crippen molar-refractivity contribution in [2.45, 2.75) is 45.0 Å². The van der Waals surface area contributed by atoms with Crippen molar-refractivity contribution in [2.75, 3.05) is 26.2 Å². The van der Waals surface area contributed by atoms with Gasteiger partial charge in [-0.25, -0.2) is 12.7 Å². The van der Waals surface area contributed by atoms with Gasteiger partial charge in [0.05, 0.1) is 11.9 Å². The van der Waals surface area contributed by atoms with Crippen molar-refractivity contribution in [1.82, 2.24) is 9.62 Å². The lowest BCUT2D eigenvalue weighted by atomic mass is 9.97.